The molecule has 1 aliphatic heterocycles. The van der Waals surface area contributed by atoms with E-state index >= 15 is 0 Å². The van der Waals surface area contributed by atoms with E-state index in [-0.39, 0.29) is 18.0 Å². The van der Waals surface area contributed by atoms with Gasteiger partial charge in [0, 0.05) is 18.4 Å². The lowest BCUT2D eigenvalue weighted by molar-refractivity contribution is -0.127. The van der Waals surface area contributed by atoms with E-state index in [4.69, 9.17) is 0 Å². The predicted molar refractivity (Wildman–Crippen MR) is 63.9 cm³/mol. The molecular weight excluding hydrogens is 218 g/mol. The third-order valence-corrected chi connectivity index (χ3v) is 3.16. The number of nitrogens with zero attached hydrogens (tertiary/aromatic N) is 3. The van der Waals surface area contributed by atoms with E-state index in [2.05, 4.69) is 5.10 Å². The summed E-state index contributed by atoms with van der Waals surface area (Å²) in [6.07, 6.45) is 2.93. The van der Waals surface area contributed by atoms with Crippen LogP contribution in [-0.2, 0) is 24.3 Å². The monoisotopic (exact) mass is 237 g/mol. The first-order chi connectivity index (χ1) is 7.89. The van der Waals surface area contributed by atoms with Gasteiger partial charge in [-0.3, -0.25) is 9.36 Å². The van der Waals surface area contributed by atoms with Crippen molar-refractivity contribution in [1.29, 1.82) is 0 Å². The predicted octanol–water partition coefficient (Wildman–Crippen LogP) is 0.996. The van der Waals surface area contributed by atoms with Gasteiger partial charge >= 0.3 is 5.69 Å². The number of carbonyl (C=O) groups excluding carboxylic acids is 1. The molecule has 1 aliphatic rings. The molecule has 1 aromatic rings. The molecule has 0 saturated carbocycles. The Kier molecular flexibility index (Phi) is 2.93. The number of rotatable bonds is 2. The summed E-state index contributed by atoms with van der Waals surface area (Å²) in [6.45, 7) is 6.39. The van der Waals surface area contributed by atoms with Crippen molar-refractivity contribution in [2.45, 2.75) is 53.1 Å². The average molecular weight is 237 g/mol. The molecular formula is C12H19N3O2. The summed E-state index contributed by atoms with van der Waals surface area (Å²) in [7, 11) is 0. The van der Waals surface area contributed by atoms with Crippen molar-refractivity contribution in [3.63, 3.8) is 0 Å². The van der Waals surface area contributed by atoms with E-state index in [0.29, 0.717) is 0 Å². The maximum Gasteiger partial charge on any atom is 0.346 e. The SMILES string of the molecule is CC(C)(C)C(=O)Cn1nc2n(c1=O)CCCC2. The Morgan fingerprint density at radius 1 is 1.35 bits per heavy atom. The molecule has 0 saturated heterocycles. The maximum absolute atomic E-state index is 12.0. The fraction of sp³-hybridized carbons (Fsp3) is 0.750. The Morgan fingerprint density at radius 3 is 2.65 bits per heavy atom. The van der Waals surface area contributed by atoms with Gasteiger partial charge in [0.2, 0.25) is 0 Å². The summed E-state index contributed by atoms with van der Waals surface area (Å²) in [6, 6.07) is 0. The minimum absolute atomic E-state index is 0.0371. The van der Waals surface area contributed by atoms with Crippen molar-refractivity contribution >= 4 is 5.78 Å². The Hall–Kier alpha value is -1.39. The van der Waals surface area contributed by atoms with Gasteiger partial charge in [0.05, 0.1) is 0 Å². The zero-order valence-electron chi connectivity index (χ0n) is 10.7. The molecule has 0 amide bonds. The minimum atomic E-state index is -0.427. The first-order valence-corrected chi connectivity index (χ1v) is 6.09. The van der Waals surface area contributed by atoms with E-state index in [1.54, 1.807) is 4.57 Å². The van der Waals surface area contributed by atoms with E-state index in [0.717, 1.165) is 31.6 Å². The second-order valence-electron chi connectivity index (χ2n) is 5.64. The van der Waals surface area contributed by atoms with Crippen molar-refractivity contribution in [2.75, 3.05) is 0 Å². The quantitative estimate of drug-likeness (QED) is 0.771. The average Bonchev–Trinajstić information content (AvgIpc) is 2.55. The molecule has 2 heterocycles. The highest BCUT2D eigenvalue weighted by molar-refractivity contribution is 5.83. The van der Waals surface area contributed by atoms with Crippen LogP contribution in [0.4, 0.5) is 0 Å². The Bertz CT molecular complexity index is 491. The highest BCUT2D eigenvalue weighted by Crippen LogP contribution is 2.15. The van der Waals surface area contributed by atoms with Gasteiger partial charge in [0.25, 0.3) is 0 Å². The summed E-state index contributed by atoms with van der Waals surface area (Å²) >= 11 is 0. The molecule has 5 nitrogen and oxygen atoms in total. The third-order valence-electron chi connectivity index (χ3n) is 3.16. The van der Waals surface area contributed by atoms with E-state index in [1.165, 1.54) is 4.68 Å². The van der Waals surface area contributed by atoms with Crippen LogP contribution < -0.4 is 5.69 Å². The number of aromatic nitrogens is 3. The van der Waals surface area contributed by atoms with E-state index < -0.39 is 5.41 Å². The molecule has 0 fully saturated rings. The summed E-state index contributed by atoms with van der Waals surface area (Å²) in [5.74, 6) is 0.859. The molecule has 94 valence electrons. The Balaban J connectivity index is 2.26. The molecule has 0 N–H and O–H groups in total. The van der Waals surface area contributed by atoms with Crippen molar-refractivity contribution in [3.8, 4) is 0 Å². The fourth-order valence-corrected chi connectivity index (χ4v) is 1.92. The van der Waals surface area contributed by atoms with Crippen LogP contribution in [0.3, 0.4) is 0 Å². The molecule has 2 rings (SSSR count). The van der Waals surface area contributed by atoms with Gasteiger partial charge in [-0.2, -0.15) is 5.10 Å². The first-order valence-electron chi connectivity index (χ1n) is 6.09. The molecule has 5 heteroatoms. The van der Waals surface area contributed by atoms with Gasteiger partial charge in [0.1, 0.15) is 12.4 Å². The van der Waals surface area contributed by atoms with Crippen molar-refractivity contribution < 1.29 is 4.79 Å². The number of carbonyl (C=O) groups is 1. The number of hydrogen-bond acceptors (Lipinski definition) is 3. The number of Topliss-reactive ketones (excluding diaryl/α,β-unsaturated/α-hetero) is 1. The second-order valence-corrected chi connectivity index (χ2v) is 5.64. The van der Waals surface area contributed by atoms with Crippen LogP contribution in [0.1, 0.15) is 39.4 Å². The topological polar surface area (TPSA) is 56.9 Å². The summed E-state index contributed by atoms with van der Waals surface area (Å²) in [5, 5.41) is 4.25. The molecule has 0 radical (unpaired) electrons. The molecule has 0 spiro atoms. The van der Waals surface area contributed by atoms with Gasteiger partial charge in [-0.05, 0) is 12.8 Å². The maximum atomic E-state index is 12.0. The smallest absolute Gasteiger partial charge is 0.297 e. The van der Waals surface area contributed by atoms with Gasteiger partial charge in [-0.25, -0.2) is 9.48 Å². The molecule has 0 atom stereocenters. The molecule has 0 aromatic carbocycles. The highest BCUT2D eigenvalue weighted by atomic mass is 16.2. The molecule has 0 unspecified atom stereocenters. The highest BCUT2D eigenvalue weighted by Gasteiger charge is 2.24. The normalized spacial score (nSPS) is 15.7. The zero-order chi connectivity index (χ0) is 12.6. The third kappa shape index (κ3) is 2.33. The standard InChI is InChI=1S/C12H19N3O2/c1-12(2,3)9(16)8-15-11(17)14-7-5-4-6-10(14)13-15/h4-8H2,1-3H3. The van der Waals surface area contributed by atoms with Crippen LogP contribution >= 0.6 is 0 Å². The molecule has 1 aromatic heterocycles. The summed E-state index contributed by atoms with van der Waals surface area (Å²) in [4.78, 5) is 23.9. The lowest BCUT2D eigenvalue weighted by atomic mass is 9.91. The van der Waals surface area contributed by atoms with Crippen LogP contribution in [0.15, 0.2) is 4.79 Å². The largest absolute Gasteiger partial charge is 0.346 e. The van der Waals surface area contributed by atoms with Crippen LogP contribution in [0, 0.1) is 5.41 Å². The second kappa shape index (κ2) is 4.13. The summed E-state index contributed by atoms with van der Waals surface area (Å²) < 4.78 is 3.01. The van der Waals surface area contributed by atoms with Crippen molar-refractivity contribution in [3.05, 3.63) is 16.3 Å². The van der Waals surface area contributed by atoms with Gasteiger partial charge in [0.15, 0.2) is 5.78 Å². The van der Waals surface area contributed by atoms with Gasteiger partial charge in [-0.1, -0.05) is 20.8 Å². The minimum Gasteiger partial charge on any atom is -0.297 e. The van der Waals surface area contributed by atoms with Crippen LogP contribution in [0.2, 0.25) is 0 Å². The first kappa shape index (κ1) is 12.1. The van der Waals surface area contributed by atoms with Crippen molar-refractivity contribution in [1.82, 2.24) is 14.3 Å². The number of aryl methyl sites for hydroxylation is 1. The summed E-state index contributed by atoms with van der Waals surface area (Å²) in [5.41, 5.74) is -0.568. The lowest BCUT2D eigenvalue weighted by Crippen LogP contribution is -2.32. The number of ketones is 1. The van der Waals surface area contributed by atoms with Crippen LogP contribution in [0.5, 0.6) is 0 Å². The van der Waals surface area contributed by atoms with Gasteiger partial charge < -0.3 is 0 Å². The van der Waals surface area contributed by atoms with Crippen LogP contribution in [-0.4, -0.2) is 20.1 Å². The number of fused-ring (bicyclic) bond motifs is 1. The number of hydrogen-bond donors (Lipinski definition) is 0. The molecule has 17 heavy (non-hydrogen) atoms. The zero-order valence-corrected chi connectivity index (χ0v) is 10.7. The molecule has 0 aliphatic carbocycles. The van der Waals surface area contributed by atoms with Gasteiger partial charge in [-0.15, -0.1) is 0 Å². The van der Waals surface area contributed by atoms with E-state index in [9.17, 15) is 9.59 Å². The Labute approximate surface area is 100 Å². The fourth-order valence-electron chi connectivity index (χ4n) is 1.92. The lowest BCUT2D eigenvalue weighted by Gasteiger charge is -2.15. The van der Waals surface area contributed by atoms with E-state index in [1.807, 2.05) is 20.8 Å². The van der Waals surface area contributed by atoms with Crippen LogP contribution in [0.25, 0.3) is 0 Å². The van der Waals surface area contributed by atoms with Crippen molar-refractivity contribution in [2.24, 2.45) is 5.41 Å². The molecule has 0 bridgehead atoms. The Morgan fingerprint density at radius 2 is 2.06 bits per heavy atom.